The smallest absolute Gasteiger partial charge is 0.257 e. The second-order valence-electron chi connectivity index (χ2n) is 8.00. The highest BCUT2D eigenvalue weighted by Gasteiger charge is 2.51. The van der Waals surface area contributed by atoms with E-state index in [-0.39, 0.29) is 11.3 Å². The maximum atomic E-state index is 12.9. The van der Waals surface area contributed by atoms with Crippen LogP contribution in [-0.4, -0.2) is 23.4 Å². The van der Waals surface area contributed by atoms with Gasteiger partial charge < -0.3 is 9.32 Å². The minimum atomic E-state index is 0.167. The van der Waals surface area contributed by atoms with Gasteiger partial charge in [0.05, 0.1) is 11.8 Å². The van der Waals surface area contributed by atoms with Crippen molar-refractivity contribution in [2.75, 3.05) is 6.54 Å². The fourth-order valence-electron chi connectivity index (χ4n) is 4.73. The van der Waals surface area contributed by atoms with Crippen LogP contribution >= 0.6 is 0 Å². The fourth-order valence-corrected chi connectivity index (χ4v) is 4.73. The minimum Gasteiger partial charge on any atom is -0.469 e. The second kappa shape index (κ2) is 4.12. The van der Waals surface area contributed by atoms with Crippen molar-refractivity contribution in [2.45, 2.75) is 59.9 Å². The first-order chi connectivity index (χ1) is 9.21. The third-order valence-corrected chi connectivity index (χ3v) is 5.05. The highest BCUT2D eigenvalue weighted by Crippen LogP contribution is 2.52. The van der Waals surface area contributed by atoms with E-state index in [1.54, 1.807) is 6.26 Å². The van der Waals surface area contributed by atoms with Crippen LogP contribution in [0.25, 0.3) is 0 Å². The molecule has 2 atom stereocenters. The Hall–Kier alpha value is -1.25. The molecule has 2 fully saturated rings. The summed E-state index contributed by atoms with van der Waals surface area (Å²) in [7, 11) is 0. The molecule has 0 spiro atoms. The maximum absolute atomic E-state index is 12.9. The van der Waals surface area contributed by atoms with Gasteiger partial charge in [0.15, 0.2) is 0 Å². The molecule has 2 bridgehead atoms. The zero-order valence-corrected chi connectivity index (χ0v) is 13.2. The van der Waals surface area contributed by atoms with Crippen molar-refractivity contribution >= 4 is 5.91 Å². The molecule has 1 amide bonds. The largest absolute Gasteiger partial charge is 0.469 e. The third-order valence-electron chi connectivity index (χ3n) is 5.05. The molecule has 1 aromatic heterocycles. The summed E-state index contributed by atoms with van der Waals surface area (Å²) < 4.78 is 5.41. The first-order valence-corrected chi connectivity index (χ1v) is 7.56. The summed E-state index contributed by atoms with van der Waals surface area (Å²) in [5.41, 5.74) is 2.36. The van der Waals surface area contributed by atoms with Crippen molar-refractivity contribution in [2.24, 2.45) is 10.8 Å². The Morgan fingerprint density at radius 3 is 2.60 bits per heavy atom. The highest BCUT2D eigenvalue weighted by atomic mass is 16.3. The number of nitrogens with zero attached hydrogens (tertiary/aromatic N) is 1. The SMILES string of the molecule is Cc1coc(C)c1C(=O)N1CC2(C)CC1CC(C)(C)C2. The topological polar surface area (TPSA) is 33.5 Å². The number of fused-ring (bicyclic) bond motifs is 2. The van der Waals surface area contributed by atoms with Crippen LogP contribution < -0.4 is 0 Å². The molecule has 1 saturated heterocycles. The summed E-state index contributed by atoms with van der Waals surface area (Å²) in [6.07, 6.45) is 5.17. The lowest BCUT2D eigenvalue weighted by Crippen LogP contribution is -2.38. The first kappa shape index (κ1) is 13.7. The van der Waals surface area contributed by atoms with Crippen LogP contribution in [0.2, 0.25) is 0 Å². The molecule has 1 aromatic rings. The molecular formula is C17H25NO2. The van der Waals surface area contributed by atoms with E-state index >= 15 is 0 Å². The fraction of sp³-hybridized carbons (Fsp3) is 0.706. The normalized spacial score (nSPS) is 31.6. The highest BCUT2D eigenvalue weighted by molar-refractivity contribution is 5.97. The van der Waals surface area contributed by atoms with Crippen molar-refractivity contribution in [1.82, 2.24) is 4.90 Å². The van der Waals surface area contributed by atoms with Gasteiger partial charge in [-0.1, -0.05) is 20.8 Å². The predicted molar refractivity (Wildman–Crippen MR) is 78.7 cm³/mol. The van der Waals surface area contributed by atoms with Gasteiger partial charge in [-0.05, 0) is 43.9 Å². The van der Waals surface area contributed by atoms with Crippen molar-refractivity contribution in [3.05, 3.63) is 23.2 Å². The van der Waals surface area contributed by atoms with Crippen LogP contribution in [0.5, 0.6) is 0 Å². The molecule has 20 heavy (non-hydrogen) atoms. The van der Waals surface area contributed by atoms with Gasteiger partial charge in [0, 0.05) is 18.2 Å². The number of likely N-dealkylation sites (tertiary alicyclic amines) is 1. The summed E-state index contributed by atoms with van der Waals surface area (Å²) >= 11 is 0. The standard InChI is InChI=1S/C17H25NO2/c1-11-8-20-12(2)14(11)15(19)18-10-17(5)7-13(18)6-16(3,4)9-17/h8,13H,6-7,9-10H2,1-5H3. The summed E-state index contributed by atoms with van der Waals surface area (Å²) in [5, 5.41) is 0. The molecule has 110 valence electrons. The minimum absolute atomic E-state index is 0.167. The van der Waals surface area contributed by atoms with E-state index in [0.717, 1.165) is 36.3 Å². The van der Waals surface area contributed by atoms with Crippen molar-refractivity contribution in [3.63, 3.8) is 0 Å². The monoisotopic (exact) mass is 275 g/mol. The average molecular weight is 275 g/mol. The molecule has 0 aromatic carbocycles. The molecule has 3 heteroatoms. The van der Waals surface area contributed by atoms with E-state index in [2.05, 4.69) is 25.7 Å². The van der Waals surface area contributed by atoms with E-state index in [1.165, 1.54) is 6.42 Å². The molecule has 1 saturated carbocycles. The molecule has 0 N–H and O–H groups in total. The number of hydrogen-bond acceptors (Lipinski definition) is 2. The number of rotatable bonds is 1. The number of aryl methyl sites for hydroxylation is 2. The zero-order valence-electron chi connectivity index (χ0n) is 13.2. The third kappa shape index (κ3) is 2.07. The summed E-state index contributed by atoms with van der Waals surface area (Å²) in [6.45, 7) is 11.7. The molecule has 3 rings (SSSR count). The van der Waals surface area contributed by atoms with Crippen LogP contribution in [0, 0.1) is 24.7 Å². The first-order valence-electron chi connectivity index (χ1n) is 7.56. The van der Waals surface area contributed by atoms with Crippen LogP contribution in [0.3, 0.4) is 0 Å². The lowest BCUT2D eigenvalue weighted by molar-refractivity contribution is 0.0706. The molecule has 3 nitrogen and oxygen atoms in total. The van der Waals surface area contributed by atoms with Gasteiger partial charge in [-0.15, -0.1) is 0 Å². The van der Waals surface area contributed by atoms with E-state index < -0.39 is 0 Å². The number of amides is 1. The van der Waals surface area contributed by atoms with Gasteiger partial charge in [0.1, 0.15) is 5.76 Å². The van der Waals surface area contributed by atoms with Gasteiger partial charge >= 0.3 is 0 Å². The zero-order chi connectivity index (χ0) is 14.7. The van der Waals surface area contributed by atoms with E-state index in [9.17, 15) is 4.79 Å². The Morgan fingerprint density at radius 1 is 1.30 bits per heavy atom. The van der Waals surface area contributed by atoms with Gasteiger partial charge in [0.25, 0.3) is 5.91 Å². The summed E-state index contributed by atoms with van der Waals surface area (Å²) in [4.78, 5) is 15.0. The van der Waals surface area contributed by atoms with Crippen molar-refractivity contribution in [3.8, 4) is 0 Å². The Balaban J connectivity index is 1.91. The molecule has 1 aliphatic carbocycles. The second-order valence-corrected chi connectivity index (χ2v) is 8.00. The number of hydrogen-bond donors (Lipinski definition) is 0. The van der Waals surface area contributed by atoms with Crippen LogP contribution in [0.15, 0.2) is 10.7 Å². The van der Waals surface area contributed by atoms with E-state index in [1.807, 2.05) is 13.8 Å². The predicted octanol–water partition coefficient (Wildman–Crippen LogP) is 3.94. The van der Waals surface area contributed by atoms with Crippen LogP contribution in [-0.2, 0) is 0 Å². The average Bonchev–Trinajstić information content (AvgIpc) is 2.74. The Morgan fingerprint density at radius 2 is 2.00 bits per heavy atom. The summed E-state index contributed by atoms with van der Waals surface area (Å²) in [6, 6.07) is 0.393. The summed E-state index contributed by atoms with van der Waals surface area (Å²) in [5.74, 6) is 0.915. The van der Waals surface area contributed by atoms with E-state index in [4.69, 9.17) is 4.42 Å². The number of carbonyl (C=O) groups excluding carboxylic acids is 1. The lowest BCUT2D eigenvalue weighted by Gasteiger charge is -2.39. The van der Waals surface area contributed by atoms with Crippen LogP contribution in [0.1, 0.15) is 61.7 Å². The molecule has 0 radical (unpaired) electrons. The molecule has 1 aliphatic heterocycles. The molecule has 2 unspecified atom stereocenters. The number of carbonyl (C=O) groups is 1. The quantitative estimate of drug-likeness (QED) is 0.778. The molecular weight excluding hydrogens is 250 g/mol. The van der Waals surface area contributed by atoms with Gasteiger partial charge in [-0.3, -0.25) is 4.79 Å². The molecule has 2 aliphatic rings. The van der Waals surface area contributed by atoms with Crippen LogP contribution in [0.4, 0.5) is 0 Å². The Bertz CT molecular complexity index is 538. The Labute approximate surface area is 121 Å². The van der Waals surface area contributed by atoms with Gasteiger partial charge in [0.2, 0.25) is 0 Å². The molecule has 2 heterocycles. The maximum Gasteiger partial charge on any atom is 0.257 e. The van der Waals surface area contributed by atoms with E-state index in [0.29, 0.717) is 11.5 Å². The Kier molecular flexibility index (Phi) is 2.83. The lowest BCUT2D eigenvalue weighted by atomic mass is 9.65. The van der Waals surface area contributed by atoms with Crippen molar-refractivity contribution < 1.29 is 9.21 Å². The number of furan rings is 1. The van der Waals surface area contributed by atoms with Gasteiger partial charge in [-0.2, -0.15) is 0 Å². The van der Waals surface area contributed by atoms with Crippen molar-refractivity contribution in [1.29, 1.82) is 0 Å². The van der Waals surface area contributed by atoms with Gasteiger partial charge in [-0.25, -0.2) is 0 Å².